The molecule has 4 rings (SSSR count). The van der Waals surface area contributed by atoms with Gasteiger partial charge in [0.25, 0.3) is 0 Å². The van der Waals surface area contributed by atoms with Crippen molar-refractivity contribution in [3.8, 4) is 0 Å². The SMILES string of the molecule is CN[C@@H]1[C@@H](O)[C@@H](O[C@H]2[C@H](NC=O)C[C@H](N)C([C@H]3OC(CNCC4CC(N)C4)=CC[C@H]3N)[C@@H]2O)OC[C@]1(C)O. The maximum absolute atomic E-state index is 11.6. The Morgan fingerprint density at radius 3 is 2.58 bits per heavy atom. The second-order valence-electron chi connectivity index (χ2n) is 11.6. The van der Waals surface area contributed by atoms with E-state index in [2.05, 4.69) is 16.0 Å². The maximum Gasteiger partial charge on any atom is 0.207 e. The summed E-state index contributed by atoms with van der Waals surface area (Å²) < 4.78 is 18.0. The van der Waals surface area contributed by atoms with E-state index in [1.54, 1.807) is 14.0 Å². The van der Waals surface area contributed by atoms with E-state index in [-0.39, 0.29) is 6.61 Å². The molecule has 13 heteroatoms. The molecule has 2 aliphatic carbocycles. The predicted molar refractivity (Wildman–Crippen MR) is 138 cm³/mol. The Kier molecular flexibility index (Phi) is 9.67. The summed E-state index contributed by atoms with van der Waals surface area (Å²) in [6.45, 7) is 2.85. The number of nitrogens with two attached hydrogens (primary N) is 3. The molecule has 2 heterocycles. The van der Waals surface area contributed by atoms with Crippen molar-refractivity contribution in [1.29, 1.82) is 0 Å². The second kappa shape index (κ2) is 12.4. The summed E-state index contributed by atoms with van der Waals surface area (Å²) in [6, 6.07) is -2.00. The molecule has 1 amide bonds. The average molecular weight is 543 g/mol. The number of rotatable bonds is 10. The highest BCUT2D eigenvalue weighted by atomic mass is 16.7. The van der Waals surface area contributed by atoms with Crippen LogP contribution in [-0.4, -0.2) is 115 Å². The summed E-state index contributed by atoms with van der Waals surface area (Å²) in [5.74, 6) is 0.719. The van der Waals surface area contributed by atoms with Gasteiger partial charge in [0.15, 0.2) is 6.29 Å². The van der Waals surface area contributed by atoms with Crippen LogP contribution in [0.5, 0.6) is 0 Å². The van der Waals surface area contributed by atoms with E-state index < -0.39 is 66.4 Å². The molecule has 38 heavy (non-hydrogen) atoms. The highest BCUT2D eigenvalue weighted by Gasteiger charge is 2.53. The van der Waals surface area contributed by atoms with Crippen LogP contribution in [0.1, 0.15) is 32.6 Å². The summed E-state index contributed by atoms with van der Waals surface area (Å²) >= 11 is 0. The normalized spacial score (nSPS) is 47.4. The first-order valence-corrected chi connectivity index (χ1v) is 13.6. The van der Waals surface area contributed by atoms with Crippen LogP contribution in [0.25, 0.3) is 0 Å². The minimum atomic E-state index is -1.32. The van der Waals surface area contributed by atoms with Gasteiger partial charge in [-0.15, -0.1) is 0 Å². The Hall–Kier alpha value is -1.39. The van der Waals surface area contributed by atoms with E-state index >= 15 is 0 Å². The molecule has 0 radical (unpaired) electrons. The molecule has 2 aliphatic heterocycles. The fraction of sp³-hybridized carbons (Fsp3) is 0.880. The Morgan fingerprint density at radius 2 is 1.92 bits per heavy atom. The standard InChI is InChI=1S/C25H46N6O7/c1-25(35)10-36-24(20(34)23(25)29-2)38-22-17(31-11-32)7-16(28)18(19(22)33)21-15(27)4-3-14(37-21)9-30-8-12-5-13(26)6-12/h3,11-13,15-24,29-30,33-35H,4-10,26-28H2,1-2H3,(H,31,32)/t12?,13?,15-,16+,17-,18?,19+,20-,21+,22+,23-,24-,25+/m1/s1. The molecular formula is C25H46N6O7. The molecule has 0 aromatic carbocycles. The zero-order valence-corrected chi connectivity index (χ0v) is 22.2. The largest absolute Gasteiger partial charge is 0.492 e. The van der Waals surface area contributed by atoms with Crippen LogP contribution in [0.15, 0.2) is 11.8 Å². The minimum Gasteiger partial charge on any atom is -0.492 e. The number of hydrogen-bond acceptors (Lipinski definition) is 12. The molecule has 12 N–H and O–H groups in total. The lowest BCUT2D eigenvalue weighted by Gasteiger charge is -2.50. The monoisotopic (exact) mass is 542 g/mol. The Labute approximate surface area is 223 Å². The van der Waals surface area contributed by atoms with Crippen LogP contribution in [0, 0.1) is 11.8 Å². The van der Waals surface area contributed by atoms with Crippen LogP contribution in [0.3, 0.4) is 0 Å². The van der Waals surface area contributed by atoms with E-state index in [9.17, 15) is 20.1 Å². The minimum absolute atomic E-state index is 0.0949. The van der Waals surface area contributed by atoms with E-state index in [1.165, 1.54) is 0 Å². The fourth-order valence-electron chi connectivity index (χ4n) is 6.42. The van der Waals surface area contributed by atoms with Gasteiger partial charge in [0.2, 0.25) is 6.41 Å². The molecular weight excluding hydrogens is 496 g/mol. The van der Waals surface area contributed by atoms with Gasteiger partial charge < -0.3 is 62.7 Å². The van der Waals surface area contributed by atoms with Crippen LogP contribution in [-0.2, 0) is 19.0 Å². The molecule has 11 atom stereocenters. The Bertz CT molecular complexity index is 828. The average Bonchev–Trinajstić information content (AvgIpc) is 2.83. The van der Waals surface area contributed by atoms with Crippen molar-refractivity contribution in [2.45, 2.75) is 99.1 Å². The lowest BCUT2D eigenvalue weighted by Crippen LogP contribution is -2.69. The number of aliphatic hydroxyl groups excluding tert-OH is 2. The van der Waals surface area contributed by atoms with Crippen LogP contribution in [0.4, 0.5) is 0 Å². The number of carbonyl (C=O) groups is 1. The van der Waals surface area contributed by atoms with Gasteiger partial charge in [-0.05, 0) is 58.2 Å². The van der Waals surface area contributed by atoms with Crippen molar-refractivity contribution >= 4 is 6.41 Å². The second-order valence-corrected chi connectivity index (χ2v) is 11.6. The molecule has 218 valence electrons. The highest BCUT2D eigenvalue weighted by molar-refractivity contribution is 5.47. The van der Waals surface area contributed by atoms with Gasteiger partial charge in [0.05, 0.1) is 31.3 Å². The first kappa shape index (κ1) is 29.6. The topological polar surface area (TPSA) is 220 Å². The summed E-state index contributed by atoms with van der Waals surface area (Å²) in [5.41, 5.74) is 17.5. The third kappa shape index (κ3) is 6.33. The lowest BCUT2D eigenvalue weighted by atomic mass is 9.72. The third-order valence-electron chi connectivity index (χ3n) is 8.57. The van der Waals surface area contributed by atoms with Gasteiger partial charge in [-0.3, -0.25) is 4.79 Å². The molecule has 0 spiro atoms. The highest BCUT2D eigenvalue weighted by Crippen LogP contribution is 2.36. The van der Waals surface area contributed by atoms with Crippen molar-refractivity contribution < 1.29 is 34.3 Å². The van der Waals surface area contributed by atoms with E-state index in [0.717, 1.165) is 25.1 Å². The summed E-state index contributed by atoms with van der Waals surface area (Å²) in [7, 11) is 1.62. The van der Waals surface area contributed by atoms with Gasteiger partial charge in [0, 0.05) is 24.0 Å². The van der Waals surface area contributed by atoms with Crippen LogP contribution in [0.2, 0.25) is 0 Å². The number of nitrogens with one attached hydrogen (secondary N) is 3. The number of carbonyl (C=O) groups excluding carboxylic acids is 1. The molecule has 1 saturated heterocycles. The molecule has 0 bridgehead atoms. The molecule has 4 aliphatic rings. The van der Waals surface area contributed by atoms with Crippen molar-refractivity contribution in [2.24, 2.45) is 29.0 Å². The smallest absolute Gasteiger partial charge is 0.207 e. The quantitative estimate of drug-likeness (QED) is 0.123. The Morgan fingerprint density at radius 1 is 1.18 bits per heavy atom. The zero-order valence-electron chi connectivity index (χ0n) is 22.2. The summed E-state index contributed by atoms with van der Waals surface area (Å²) in [6.07, 6.45) is 0.291. The number of hydrogen-bond donors (Lipinski definition) is 9. The molecule has 13 nitrogen and oxygen atoms in total. The molecule has 0 aromatic heterocycles. The molecule has 0 aromatic rings. The molecule has 2 saturated carbocycles. The van der Waals surface area contributed by atoms with Gasteiger partial charge in [-0.1, -0.05) is 0 Å². The molecule has 3 fully saturated rings. The number of aliphatic hydroxyl groups is 3. The van der Waals surface area contributed by atoms with Crippen molar-refractivity contribution in [3.05, 3.63) is 11.8 Å². The zero-order chi connectivity index (χ0) is 27.6. The van der Waals surface area contributed by atoms with Gasteiger partial charge in [-0.25, -0.2) is 0 Å². The number of likely N-dealkylation sites (N-methyl/N-ethyl adjacent to an activating group) is 1. The first-order chi connectivity index (χ1) is 18.1. The Balaban J connectivity index is 1.44. The number of amides is 1. The van der Waals surface area contributed by atoms with Gasteiger partial charge in [-0.2, -0.15) is 0 Å². The van der Waals surface area contributed by atoms with Gasteiger partial charge in [0.1, 0.15) is 29.7 Å². The summed E-state index contributed by atoms with van der Waals surface area (Å²) in [4.78, 5) is 11.4. The van der Waals surface area contributed by atoms with E-state index in [4.69, 9.17) is 31.4 Å². The maximum atomic E-state index is 11.6. The van der Waals surface area contributed by atoms with Crippen molar-refractivity contribution in [1.82, 2.24) is 16.0 Å². The van der Waals surface area contributed by atoms with Crippen LogP contribution >= 0.6 is 0 Å². The van der Waals surface area contributed by atoms with Crippen LogP contribution < -0.4 is 33.2 Å². The summed E-state index contributed by atoms with van der Waals surface area (Å²) in [5, 5.41) is 42.0. The molecule has 1 unspecified atom stereocenters. The fourth-order valence-corrected chi connectivity index (χ4v) is 6.42. The van der Waals surface area contributed by atoms with Crippen molar-refractivity contribution in [3.63, 3.8) is 0 Å². The first-order valence-electron chi connectivity index (χ1n) is 13.6. The van der Waals surface area contributed by atoms with E-state index in [0.29, 0.717) is 37.8 Å². The number of ether oxygens (including phenoxy) is 3. The van der Waals surface area contributed by atoms with E-state index in [1.807, 2.05) is 6.08 Å². The predicted octanol–water partition coefficient (Wildman–Crippen LogP) is -3.42. The van der Waals surface area contributed by atoms with Gasteiger partial charge >= 0.3 is 0 Å². The lowest BCUT2D eigenvalue weighted by molar-refractivity contribution is -0.297. The van der Waals surface area contributed by atoms with Crippen molar-refractivity contribution in [2.75, 3.05) is 26.7 Å². The third-order valence-corrected chi connectivity index (χ3v) is 8.57.